The maximum Gasteiger partial charge on any atom is 0.228 e. The molecular weight excluding hydrogens is 389 g/mol. The number of fused-ring (bicyclic) bond motifs is 5. The number of carbonyl (C=O) groups is 1. The number of amides is 1. The van der Waals surface area contributed by atoms with Gasteiger partial charge in [0.1, 0.15) is 12.4 Å². The second-order valence-electron chi connectivity index (χ2n) is 7.63. The highest BCUT2D eigenvalue weighted by molar-refractivity contribution is 5.82. The van der Waals surface area contributed by atoms with Crippen molar-refractivity contribution in [3.8, 4) is 17.0 Å². The van der Waals surface area contributed by atoms with Gasteiger partial charge in [-0.1, -0.05) is 0 Å². The Morgan fingerprint density at radius 3 is 3.13 bits per heavy atom. The average Bonchev–Trinajstić information content (AvgIpc) is 3.27. The van der Waals surface area contributed by atoms with Gasteiger partial charge in [-0.05, 0) is 30.2 Å². The Bertz CT molecular complexity index is 1100. The first kappa shape index (κ1) is 18.8. The van der Waals surface area contributed by atoms with E-state index in [1.54, 1.807) is 30.1 Å². The number of nitrogens with one attached hydrogen (secondary N) is 1. The first-order valence-corrected chi connectivity index (χ1v) is 9.94. The number of hydrogen-bond acceptors (Lipinski definition) is 6. The molecular formula is C21H22FN5O3. The second-order valence-corrected chi connectivity index (χ2v) is 7.63. The largest absolute Gasteiger partial charge is 0.475 e. The van der Waals surface area contributed by atoms with E-state index in [1.165, 1.54) is 12.1 Å². The third-order valence-corrected chi connectivity index (χ3v) is 5.66. The standard InChI is InChI=1S/C21H22FN5O3/c1-29-11-14-8-17-12-30-19-2-4-27-20(25-19)18(10-24-27)13-6-15(22)9-16(7-13)23-3-5-26(17)21(14)28/h2,4,6-7,9-10,14,17,23H,3,5,8,11-12H2,1H3/t14?,17-/m0/s1. The van der Waals surface area contributed by atoms with Gasteiger partial charge in [0, 0.05) is 43.7 Å². The number of carbonyl (C=O) groups excluding carboxylic acids is 1. The summed E-state index contributed by atoms with van der Waals surface area (Å²) in [6.45, 7) is 1.72. The van der Waals surface area contributed by atoms with Crippen LogP contribution in [-0.4, -0.2) is 64.9 Å². The molecule has 2 atom stereocenters. The van der Waals surface area contributed by atoms with Crippen LogP contribution in [0.2, 0.25) is 0 Å². The predicted octanol–water partition coefficient (Wildman–Crippen LogP) is 2.20. The van der Waals surface area contributed by atoms with Gasteiger partial charge < -0.3 is 19.7 Å². The van der Waals surface area contributed by atoms with Gasteiger partial charge in [0.2, 0.25) is 11.8 Å². The normalized spacial score (nSPS) is 21.3. The molecule has 0 radical (unpaired) electrons. The van der Waals surface area contributed by atoms with Gasteiger partial charge in [0.25, 0.3) is 0 Å². The van der Waals surface area contributed by atoms with E-state index in [0.29, 0.717) is 55.5 Å². The van der Waals surface area contributed by atoms with E-state index < -0.39 is 0 Å². The summed E-state index contributed by atoms with van der Waals surface area (Å²) in [6.07, 6.45) is 4.09. The number of methoxy groups -OCH3 is 1. The van der Waals surface area contributed by atoms with Gasteiger partial charge in [-0.15, -0.1) is 0 Å². The van der Waals surface area contributed by atoms with Crippen LogP contribution in [0.1, 0.15) is 6.42 Å². The molecule has 4 bridgehead atoms. The molecule has 9 heteroatoms. The molecule has 1 N–H and O–H groups in total. The zero-order valence-electron chi connectivity index (χ0n) is 16.5. The molecule has 4 heterocycles. The van der Waals surface area contributed by atoms with Crippen LogP contribution in [-0.2, 0) is 9.53 Å². The Morgan fingerprint density at radius 2 is 2.27 bits per heavy atom. The highest BCUT2D eigenvalue weighted by Gasteiger charge is 2.39. The highest BCUT2D eigenvalue weighted by Crippen LogP contribution is 2.30. The number of aromatic nitrogens is 3. The van der Waals surface area contributed by atoms with Crippen molar-refractivity contribution in [1.29, 1.82) is 0 Å². The Labute approximate surface area is 172 Å². The molecule has 30 heavy (non-hydrogen) atoms. The number of hydrogen-bond donors (Lipinski definition) is 1. The van der Waals surface area contributed by atoms with Crippen molar-refractivity contribution in [2.24, 2.45) is 5.92 Å². The van der Waals surface area contributed by atoms with E-state index in [0.717, 1.165) is 5.56 Å². The maximum atomic E-state index is 14.3. The van der Waals surface area contributed by atoms with Crippen molar-refractivity contribution in [3.05, 3.63) is 42.5 Å². The van der Waals surface area contributed by atoms with Crippen molar-refractivity contribution >= 4 is 17.2 Å². The van der Waals surface area contributed by atoms with E-state index in [9.17, 15) is 9.18 Å². The van der Waals surface area contributed by atoms with Crippen molar-refractivity contribution < 1.29 is 18.7 Å². The lowest BCUT2D eigenvalue weighted by Crippen LogP contribution is -2.40. The zero-order valence-corrected chi connectivity index (χ0v) is 16.5. The van der Waals surface area contributed by atoms with Crippen LogP contribution in [0.25, 0.3) is 16.8 Å². The minimum absolute atomic E-state index is 0.0563. The summed E-state index contributed by atoms with van der Waals surface area (Å²) in [7, 11) is 1.60. The molecule has 2 aliphatic heterocycles. The Hall–Kier alpha value is -3.20. The molecule has 1 aromatic carbocycles. The zero-order chi connectivity index (χ0) is 20.7. The fourth-order valence-corrected chi connectivity index (χ4v) is 4.25. The van der Waals surface area contributed by atoms with E-state index in [1.807, 2.05) is 11.0 Å². The lowest BCUT2D eigenvalue weighted by molar-refractivity contribution is -0.133. The molecule has 1 fully saturated rings. The van der Waals surface area contributed by atoms with Crippen LogP contribution in [0.15, 0.2) is 36.7 Å². The number of nitrogens with zero attached hydrogens (tertiary/aromatic N) is 4. The summed E-state index contributed by atoms with van der Waals surface area (Å²) < 4.78 is 27.1. The first-order chi connectivity index (χ1) is 14.6. The lowest BCUT2D eigenvalue weighted by atomic mass is 10.1. The summed E-state index contributed by atoms with van der Waals surface area (Å²) in [5.74, 6) is -0.0412. The van der Waals surface area contributed by atoms with Crippen LogP contribution in [0, 0.1) is 11.7 Å². The van der Waals surface area contributed by atoms with Crippen molar-refractivity contribution in [3.63, 3.8) is 0 Å². The van der Waals surface area contributed by atoms with Gasteiger partial charge in [0.05, 0.1) is 24.8 Å². The van der Waals surface area contributed by atoms with Crippen molar-refractivity contribution in [1.82, 2.24) is 19.5 Å². The lowest BCUT2D eigenvalue weighted by Gasteiger charge is -2.25. The summed E-state index contributed by atoms with van der Waals surface area (Å²) in [5.41, 5.74) is 2.62. The van der Waals surface area contributed by atoms with Crippen LogP contribution < -0.4 is 10.1 Å². The Morgan fingerprint density at radius 1 is 1.37 bits per heavy atom. The van der Waals surface area contributed by atoms with Crippen molar-refractivity contribution in [2.45, 2.75) is 12.5 Å². The third kappa shape index (κ3) is 3.35. The molecule has 3 aromatic rings. The smallest absolute Gasteiger partial charge is 0.228 e. The number of benzene rings is 1. The Kier molecular flexibility index (Phi) is 4.74. The van der Waals surface area contributed by atoms with E-state index >= 15 is 0 Å². The fraction of sp³-hybridized carbons (Fsp3) is 0.381. The topological polar surface area (TPSA) is 81.0 Å². The van der Waals surface area contributed by atoms with Gasteiger partial charge in [-0.25, -0.2) is 8.91 Å². The molecule has 2 aliphatic rings. The minimum Gasteiger partial charge on any atom is -0.475 e. The minimum atomic E-state index is -0.357. The molecule has 1 saturated heterocycles. The molecule has 156 valence electrons. The molecule has 5 rings (SSSR count). The molecule has 2 aromatic heterocycles. The van der Waals surface area contributed by atoms with Gasteiger partial charge in [0.15, 0.2) is 5.65 Å². The summed E-state index contributed by atoms with van der Waals surface area (Å²) in [6, 6.07) is 6.42. The maximum absolute atomic E-state index is 14.3. The van der Waals surface area contributed by atoms with Crippen molar-refractivity contribution in [2.75, 3.05) is 38.7 Å². The third-order valence-electron chi connectivity index (χ3n) is 5.66. The molecule has 1 unspecified atom stereocenters. The number of ether oxygens (including phenoxy) is 2. The molecule has 8 nitrogen and oxygen atoms in total. The summed E-state index contributed by atoms with van der Waals surface area (Å²) in [5, 5.41) is 7.55. The van der Waals surface area contributed by atoms with Gasteiger partial charge in [-0.2, -0.15) is 10.1 Å². The number of anilines is 1. The predicted molar refractivity (Wildman–Crippen MR) is 108 cm³/mol. The van der Waals surface area contributed by atoms with Crippen LogP contribution in [0.5, 0.6) is 5.88 Å². The first-order valence-electron chi connectivity index (χ1n) is 9.94. The molecule has 0 saturated carbocycles. The highest BCUT2D eigenvalue weighted by atomic mass is 19.1. The summed E-state index contributed by atoms with van der Waals surface area (Å²) >= 11 is 0. The molecule has 1 amide bonds. The SMILES string of the molecule is COCC1C[C@H]2COc3ccn4ncc(c4n3)-c3cc(F)cc(c3)NCCN2C1=O. The van der Waals surface area contributed by atoms with Gasteiger partial charge >= 0.3 is 0 Å². The quantitative estimate of drug-likeness (QED) is 0.696. The number of halogens is 1. The van der Waals surface area contributed by atoms with E-state index in [4.69, 9.17) is 9.47 Å². The summed E-state index contributed by atoms with van der Waals surface area (Å²) in [4.78, 5) is 19.2. The Balaban J connectivity index is 1.55. The van der Waals surface area contributed by atoms with E-state index in [2.05, 4.69) is 15.4 Å². The molecule has 0 aliphatic carbocycles. The van der Waals surface area contributed by atoms with E-state index in [-0.39, 0.29) is 23.7 Å². The van der Waals surface area contributed by atoms with Crippen LogP contribution >= 0.6 is 0 Å². The van der Waals surface area contributed by atoms with Crippen LogP contribution in [0.3, 0.4) is 0 Å². The number of rotatable bonds is 2. The monoisotopic (exact) mass is 411 g/mol. The van der Waals surface area contributed by atoms with Gasteiger partial charge in [-0.3, -0.25) is 4.79 Å². The van der Waals surface area contributed by atoms with Crippen LogP contribution in [0.4, 0.5) is 10.1 Å². The fourth-order valence-electron chi connectivity index (χ4n) is 4.25. The average molecular weight is 411 g/mol. The second kappa shape index (κ2) is 7.56. The molecule has 0 spiro atoms.